The minimum Gasteiger partial charge on any atom is -0.373 e. The number of fused-ring (bicyclic) bond motifs is 1. The number of hydrogen-bond acceptors (Lipinski definition) is 4. The highest BCUT2D eigenvalue weighted by molar-refractivity contribution is 6.00. The number of carbonyl (C=O) groups excluding carboxylic acids is 2. The molecule has 2 aromatic heterocycles. The summed E-state index contributed by atoms with van der Waals surface area (Å²) in [7, 11) is 0. The van der Waals surface area contributed by atoms with Crippen molar-refractivity contribution in [3.63, 3.8) is 0 Å². The van der Waals surface area contributed by atoms with Gasteiger partial charge in [-0.05, 0) is 55.2 Å². The molecule has 2 aromatic rings. The second kappa shape index (κ2) is 10.4. The van der Waals surface area contributed by atoms with Crippen molar-refractivity contribution in [2.45, 2.75) is 71.4 Å². The van der Waals surface area contributed by atoms with Crippen LogP contribution in [0, 0.1) is 11.8 Å². The van der Waals surface area contributed by atoms with Gasteiger partial charge in [0.2, 0.25) is 0 Å². The standard InChI is InChI=1S/C23H25F3N4O3.C2H6/c24-23(25,26)19-6-1-13(10-27-19)11-28-21(31)16-9-17(30-7-8-33-12-18(16)30)22(32)29-20(14-2-3-14)15-4-5-15;1-2/h1,6,9-10,14-15,20H,2-5,7-8,11-12H2,(H,28,31)(H,29,32);1-2H3. The number of halogens is 3. The number of aromatic nitrogens is 2. The van der Waals surface area contributed by atoms with Crippen LogP contribution in [0.25, 0.3) is 0 Å². The molecule has 0 saturated heterocycles. The van der Waals surface area contributed by atoms with Crippen molar-refractivity contribution in [3.05, 3.63) is 52.6 Å². The first-order valence-electron chi connectivity index (χ1n) is 12.2. The minimum atomic E-state index is -4.51. The smallest absolute Gasteiger partial charge is 0.373 e. The van der Waals surface area contributed by atoms with Gasteiger partial charge >= 0.3 is 6.18 Å². The Labute approximate surface area is 202 Å². The van der Waals surface area contributed by atoms with Gasteiger partial charge in [-0.15, -0.1) is 0 Å². The molecule has 0 aromatic carbocycles. The molecule has 1 aliphatic heterocycles. The third-order valence-corrected chi connectivity index (χ3v) is 6.51. The van der Waals surface area contributed by atoms with Gasteiger partial charge in [0, 0.05) is 25.3 Å². The fraction of sp³-hybridized carbons (Fsp3) is 0.560. The van der Waals surface area contributed by atoms with E-state index in [1.165, 1.54) is 6.07 Å². The molecule has 10 heteroatoms. The van der Waals surface area contributed by atoms with E-state index < -0.39 is 17.8 Å². The summed E-state index contributed by atoms with van der Waals surface area (Å²) in [6.45, 7) is 5.16. The van der Waals surface area contributed by atoms with E-state index >= 15 is 0 Å². The Kier molecular flexibility index (Phi) is 7.49. The van der Waals surface area contributed by atoms with E-state index in [0.29, 0.717) is 47.5 Å². The van der Waals surface area contributed by atoms with Crippen LogP contribution in [-0.2, 0) is 30.6 Å². The van der Waals surface area contributed by atoms with Crippen molar-refractivity contribution in [1.82, 2.24) is 20.2 Å². The van der Waals surface area contributed by atoms with E-state index in [-0.39, 0.29) is 25.1 Å². The van der Waals surface area contributed by atoms with Gasteiger partial charge in [-0.2, -0.15) is 13.2 Å². The highest BCUT2D eigenvalue weighted by Gasteiger charge is 2.42. The van der Waals surface area contributed by atoms with Crippen molar-refractivity contribution in [3.8, 4) is 0 Å². The zero-order valence-electron chi connectivity index (χ0n) is 20.0. The Hall–Kier alpha value is -2.88. The van der Waals surface area contributed by atoms with Crippen LogP contribution in [-0.4, -0.2) is 34.0 Å². The Morgan fingerprint density at radius 1 is 1.14 bits per heavy atom. The third-order valence-electron chi connectivity index (χ3n) is 6.51. The summed E-state index contributed by atoms with van der Waals surface area (Å²) in [6, 6.07) is 3.96. The van der Waals surface area contributed by atoms with Gasteiger partial charge in [-0.3, -0.25) is 14.6 Å². The molecule has 0 radical (unpaired) electrons. The van der Waals surface area contributed by atoms with Crippen LogP contribution < -0.4 is 10.6 Å². The molecule has 3 aliphatic rings. The van der Waals surface area contributed by atoms with Gasteiger partial charge < -0.3 is 19.9 Å². The van der Waals surface area contributed by atoms with Crippen LogP contribution in [0.15, 0.2) is 24.4 Å². The highest BCUT2D eigenvalue weighted by Crippen LogP contribution is 2.44. The molecule has 0 bridgehead atoms. The number of amides is 2. The zero-order chi connectivity index (χ0) is 25.2. The Morgan fingerprint density at radius 2 is 1.83 bits per heavy atom. The molecule has 0 atom stereocenters. The summed E-state index contributed by atoms with van der Waals surface area (Å²) in [5.41, 5.74) is 0.872. The Morgan fingerprint density at radius 3 is 2.40 bits per heavy atom. The predicted octanol–water partition coefficient (Wildman–Crippen LogP) is 4.31. The third kappa shape index (κ3) is 5.86. The predicted molar refractivity (Wildman–Crippen MR) is 123 cm³/mol. The van der Waals surface area contributed by atoms with Crippen LogP contribution in [0.2, 0.25) is 0 Å². The number of nitrogens with zero attached hydrogens (tertiary/aromatic N) is 2. The monoisotopic (exact) mass is 492 g/mol. The highest BCUT2D eigenvalue weighted by atomic mass is 19.4. The van der Waals surface area contributed by atoms with Gasteiger partial charge in [-0.1, -0.05) is 19.9 Å². The molecule has 2 N–H and O–H groups in total. The first-order chi connectivity index (χ1) is 16.8. The topological polar surface area (TPSA) is 85.3 Å². The summed E-state index contributed by atoms with van der Waals surface area (Å²) >= 11 is 0. The number of nitrogens with one attached hydrogen (secondary N) is 2. The average molecular weight is 493 g/mol. The summed E-state index contributed by atoms with van der Waals surface area (Å²) in [5.74, 6) is 0.526. The Balaban J connectivity index is 0.00000141. The van der Waals surface area contributed by atoms with E-state index in [1.807, 2.05) is 18.4 Å². The second-order valence-corrected chi connectivity index (χ2v) is 9.00. The maximum Gasteiger partial charge on any atom is 0.433 e. The molecule has 7 nitrogen and oxygen atoms in total. The van der Waals surface area contributed by atoms with E-state index in [4.69, 9.17) is 4.74 Å². The van der Waals surface area contributed by atoms with Crippen molar-refractivity contribution in [2.75, 3.05) is 6.61 Å². The minimum absolute atomic E-state index is 0.0163. The number of ether oxygens (including phenoxy) is 1. The van der Waals surface area contributed by atoms with Crippen LogP contribution in [0.5, 0.6) is 0 Å². The van der Waals surface area contributed by atoms with E-state index in [0.717, 1.165) is 37.9 Å². The fourth-order valence-electron chi connectivity index (χ4n) is 4.44. The molecular weight excluding hydrogens is 461 g/mol. The molecule has 5 rings (SSSR count). The molecule has 3 heterocycles. The number of alkyl halides is 3. The van der Waals surface area contributed by atoms with Crippen LogP contribution in [0.3, 0.4) is 0 Å². The summed E-state index contributed by atoms with van der Waals surface area (Å²) in [6.07, 6.45) is 1.17. The number of hydrogen-bond donors (Lipinski definition) is 2. The lowest BCUT2D eigenvalue weighted by molar-refractivity contribution is -0.141. The molecule has 190 valence electrons. The maximum atomic E-state index is 13.1. The van der Waals surface area contributed by atoms with Crippen LogP contribution in [0.4, 0.5) is 13.2 Å². The Bertz CT molecular complexity index is 1050. The molecule has 2 saturated carbocycles. The number of carbonyl (C=O) groups is 2. The first-order valence-corrected chi connectivity index (χ1v) is 12.2. The quantitative estimate of drug-likeness (QED) is 0.603. The molecule has 2 aliphatic carbocycles. The molecule has 2 fully saturated rings. The molecular formula is C25H31F3N4O3. The number of pyridine rings is 1. The van der Waals surface area contributed by atoms with E-state index in [1.54, 1.807) is 6.07 Å². The van der Waals surface area contributed by atoms with E-state index in [2.05, 4.69) is 15.6 Å². The van der Waals surface area contributed by atoms with Crippen molar-refractivity contribution in [2.24, 2.45) is 11.8 Å². The first kappa shape index (κ1) is 25.2. The normalized spacial score (nSPS) is 17.3. The van der Waals surface area contributed by atoms with Gasteiger partial charge in [0.05, 0.1) is 24.5 Å². The average Bonchev–Trinajstić information content (AvgIpc) is 3.79. The van der Waals surface area contributed by atoms with Crippen LogP contribution in [0.1, 0.15) is 77.3 Å². The maximum absolute atomic E-state index is 13.1. The molecule has 35 heavy (non-hydrogen) atoms. The molecule has 2 amide bonds. The molecule has 0 unspecified atom stereocenters. The lowest BCUT2D eigenvalue weighted by Gasteiger charge is -2.21. The lowest BCUT2D eigenvalue weighted by Crippen LogP contribution is -2.39. The lowest BCUT2D eigenvalue weighted by atomic mass is 10.1. The van der Waals surface area contributed by atoms with Crippen molar-refractivity contribution in [1.29, 1.82) is 0 Å². The van der Waals surface area contributed by atoms with E-state index in [9.17, 15) is 22.8 Å². The van der Waals surface area contributed by atoms with Crippen molar-refractivity contribution < 1.29 is 27.5 Å². The molecule has 0 spiro atoms. The number of rotatable bonds is 7. The van der Waals surface area contributed by atoms with Gasteiger partial charge in [0.25, 0.3) is 11.8 Å². The summed E-state index contributed by atoms with van der Waals surface area (Å²) in [5, 5.41) is 5.91. The second-order valence-electron chi connectivity index (χ2n) is 9.00. The van der Waals surface area contributed by atoms with Crippen LogP contribution >= 0.6 is 0 Å². The van der Waals surface area contributed by atoms with Gasteiger partial charge in [0.15, 0.2) is 0 Å². The largest absolute Gasteiger partial charge is 0.433 e. The SMILES string of the molecule is CC.O=C(NCc1ccc(C(F)(F)F)nc1)c1cc(C(=O)NC(C2CC2)C2CC2)n2c1COCC2. The fourth-order valence-corrected chi connectivity index (χ4v) is 4.44. The summed E-state index contributed by atoms with van der Waals surface area (Å²) < 4.78 is 45.4. The zero-order valence-corrected chi connectivity index (χ0v) is 20.0. The summed E-state index contributed by atoms with van der Waals surface area (Å²) in [4.78, 5) is 29.4. The van der Waals surface area contributed by atoms with Gasteiger partial charge in [0.1, 0.15) is 11.4 Å². The van der Waals surface area contributed by atoms with Crippen molar-refractivity contribution >= 4 is 11.8 Å². The van der Waals surface area contributed by atoms with Gasteiger partial charge in [-0.25, -0.2) is 0 Å².